The molecule has 1 heterocycles. The molecule has 0 aromatic carbocycles. The average molecular weight is 454 g/mol. The molecular formula is C26H47NO5. The Bertz CT molecular complexity index is 630. The Balaban J connectivity index is 2.62. The van der Waals surface area contributed by atoms with E-state index in [1.165, 1.54) is 25.7 Å². The average Bonchev–Trinajstić information content (AvgIpc) is 3.00. The summed E-state index contributed by atoms with van der Waals surface area (Å²) < 4.78 is 16.9. The fourth-order valence-electron chi connectivity index (χ4n) is 4.02. The number of ketones is 1. The second-order valence-electron chi connectivity index (χ2n) is 10.8. The second kappa shape index (κ2) is 12.3. The predicted octanol–water partition coefficient (Wildman–Crippen LogP) is 4.80. The molecule has 1 fully saturated rings. The van der Waals surface area contributed by atoms with Gasteiger partial charge < -0.3 is 14.2 Å². The summed E-state index contributed by atoms with van der Waals surface area (Å²) in [5, 5.41) is 0. The molecule has 1 aliphatic rings. The van der Waals surface area contributed by atoms with Gasteiger partial charge in [0.2, 0.25) is 0 Å². The maximum absolute atomic E-state index is 13.4. The number of nitrogens with zero attached hydrogens (tertiary/aromatic N) is 1. The van der Waals surface area contributed by atoms with Crippen molar-refractivity contribution in [3.05, 3.63) is 12.2 Å². The predicted molar refractivity (Wildman–Crippen MR) is 129 cm³/mol. The summed E-state index contributed by atoms with van der Waals surface area (Å²) in [6.07, 6.45) is 5.63. The molecule has 0 bridgehead atoms. The molecule has 1 saturated heterocycles. The summed E-state index contributed by atoms with van der Waals surface area (Å²) >= 11 is 0. The SMILES string of the molecule is C=C(C(=O)OCCN1CCCCCC1)C(C)C(C)(C)C(=O)C(C)(C)OCCC(C)(C)OC. The summed E-state index contributed by atoms with van der Waals surface area (Å²) in [4.78, 5) is 28.4. The molecule has 0 N–H and O–H groups in total. The van der Waals surface area contributed by atoms with E-state index in [4.69, 9.17) is 14.2 Å². The molecule has 0 amide bonds. The van der Waals surface area contributed by atoms with Crippen LogP contribution in [0.15, 0.2) is 12.2 Å². The first kappa shape index (κ1) is 28.8. The number of ether oxygens (including phenoxy) is 3. The molecule has 0 aliphatic carbocycles. The van der Waals surface area contributed by atoms with Gasteiger partial charge in [0, 0.05) is 24.6 Å². The molecule has 186 valence electrons. The molecule has 1 unspecified atom stereocenters. The Hall–Kier alpha value is -1.24. The van der Waals surface area contributed by atoms with Crippen molar-refractivity contribution in [2.75, 3.05) is 40.0 Å². The minimum absolute atomic E-state index is 0.0637. The standard InChI is InChI=1S/C26H47NO5/c1-20(22(28)31-19-17-27-15-12-10-11-13-16-27)21(2)25(5,6)23(29)26(7,8)32-18-14-24(3,4)30-9/h21H,1,10-19H2,2-9H3. The van der Waals surface area contributed by atoms with Gasteiger partial charge in [-0.25, -0.2) is 4.79 Å². The van der Waals surface area contributed by atoms with E-state index in [1.807, 2.05) is 34.6 Å². The van der Waals surface area contributed by atoms with Crippen LogP contribution < -0.4 is 0 Å². The van der Waals surface area contributed by atoms with Gasteiger partial charge in [0.1, 0.15) is 12.2 Å². The van der Waals surface area contributed by atoms with Crippen LogP contribution in [0.3, 0.4) is 0 Å². The van der Waals surface area contributed by atoms with Crippen molar-refractivity contribution in [2.45, 2.75) is 91.8 Å². The first-order valence-electron chi connectivity index (χ1n) is 12.1. The number of hydrogen-bond donors (Lipinski definition) is 0. The van der Waals surface area contributed by atoms with Crippen molar-refractivity contribution < 1.29 is 23.8 Å². The number of esters is 1. The number of hydrogen-bond acceptors (Lipinski definition) is 6. The summed E-state index contributed by atoms with van der Waals surface area (Å²) in [6, 6.07) is 0. The molecule has 0 aromatic heterocycles. The number of carbonyl (C=O) groups is 2. The Kier molecular flexibility index (Phi) is 11.1. The highest BCUT2D eigenvalue weighted by Crippen LogP contribution is 2.37. The maximum atomic E-state index is 13.4. The fraction of sp³-hybridized carbons (Fsp3) is 0.846. The molecule has 32 heavy (non-hydrogen) atoms. The van der Waals surface area contributed by atoms with E-state index in [9.17, 15) is 9.59 Å². The van der Waals surface area contributed by atoms with Crippen LogP contribution in [0.5, 0.6) is 0 Å². The lowest BCUT2D eigenvalue weighted by Crippen LogP contribution is -2.48. The van der Waals surface area contributed by atoms with Crippen LogP contribution in [0.25, 0.3) is 0 Å². The number of likely N-dealkylation sites (tertiary alicyclic amines) is 1. The zero-order chi connectivity index (χ0) is 24.6. The van der Waals surface area contributed by atoms with Gasteiger partial charge in [0.05, 0.1) is 12.2 Å². The van der Waals surface area contributed by atoms with Crippen molar-refractivity contribution in [1.82, 2.24) is 4.90 Å². The molecule has 1 atom stereocenters. The number of Topliss-reactive ketones (excluding diaryl/α,β-unsaturated/α-hetero) is 1. The monoisotopic (exact) mass is 453 g/mol. The molecule has 0 saturated carbocycles. The zero-order valence-electron chi connectivity index (χ0n) is 21.8. The Morgan fingerprint density at radius 1 is 0.969 bits per heavy atom. The highest BCUT2D eigenvalue weighted by Gasteiger charge is 2.45. The Morgan fingerprint density at radius 3 is 2.06 bits per heavy atom. The van der Waals surface area contributed by atoms with Crippen LogP contribution in [0.1, 0.15) is 80.6 Å². The normalized spacial score (nSPS) is 17.5. The van der Waals surface area contributed by atoms with E-state index < -0.39 is 17.0 Å². The van der Waals surface area contributed by atoms with Crippen molar-refractivity contribution >= 4 is 11.8 Å². The maximum Gasteiger partial charge on any atom is 0.333 e. The number of carbonyl (C=O) groups excluding carboxylic acids is 2. The van der Waals surface area contributed by atoms with Gasteiger partial charge >= 0.3 is 5.97 Å². The van der Waals surface area contributed by atoms with Crippen molar-refractivity contribution in [1.29, 1.82) is 0 Å². The van der Waals surface area contributed by atoms with Gasteiger partial charge in [-0.3, -0.25) is 9.69 Å². The fourth-order valence-corrected chi connectivity index (χ4v) is 4.02. The minimum atomic E-state index is -0.988. The molecule has 0 aromatic rings. The smallest absolute Gasteiger partial charge is 0.333 e. The van der Waals surface area contributed by atoms with Crippen LogP contribution in [-0.4, -0.2) is 67.8 Å². The largest absolute Gasteiger partial charge is 0.461 e. The lowest BCUT2D eigenvalue weighted by atomic mass is 9.69. The van der Waals surface area contributed by atoms with Crippen LogP contribution in [0, 0.1) is 11.3 Å². The third kappa shape index (κ3) is 8.60. The van der Waals surface area contributed by atoms with Crippen molar-refractivity contribution in [2.24, 2.45) is 11.3 Å². The Morgan fingerprint density at radius 2 is 1.53 bits per heavy atom. The van der Waals surface area contributed by atoms with Crippen LogP contribution in [0.4, 0.5) is 0 Å². The van der Waals surface area contributed by atoms with E-state index >= 15 is 0 Å². The highest BCUT2D eigenvalue weighted by molar-refractivity contribution is 5.95. The topological polar surface area (TPSA) is 65.1 Å². The third-order valence-electron chi connectivity index (χ3n) is 7.06. The second-order valence-corrected chi connectivity index (χ2v) is 10.8. The van der Waals surface area contributed by atoms with Crippen molar-refractivity contribution in [3.63, 3.8) is 0 Å². The number of rotatable bonds is 13. The van der Waals surface area contributed by atoms with Gasteiger partial charge in [0.25, 0.3) is 0 Å². The van der Waals surface area contributed by atoms with Crippen molar-refractivity contribution in [3.8, 4) is 0 Å². The van der Waals surface area contributed by atoms with Gasteiger partial charge in [-0.1, -0.05) is 40.2 Å². The van der Waals surface area contributed by atoms with Crippen LogP contribution in [0.2, 0.25) is 0 Å². The lowest BCUT2D eigenvalue weighted by molar-refractivity contribution is -0.154. The molecule has 6 nitrogen and oxygen atoms in total. The minimum Gasteiger partial charge on any atom is -0.461 e. The lowest BCUT2D eigenvalue weighted by Gasteiger charge is -2.38. The molecule has 0 spiro atoms. The summed E-state index contributed by atoms with van der Waals surface area (Å²) in [5.74, 6) is -0.862. The van der Waals surface area contributed by atoms with E-state index in [1.54, 1.807) is 21.0 Å². The van der Waals surface area contributed by atoms with Crippen LogP contribution >= 0.6 is 0 Å². The Labute approximate surface area is 196 Å². The summed E-state index contributed by atoms with van der Waals surface area (Å²) in [6.45, 7) is 20.7. The third-order valence-corrected chi connectivity index (χ3v) is 7.06. The summed E-state index contributed by atoms with van der Waals surface area (Å²) in [5.41, 5.74) is -1.80. The first-order valence-corrected chi connectivity index (χ1v) is 12.1. The van der Waals surface area contributed by atoms with E-state index in [2.05, 4.69) is 11.5 Å². The quantitative estimate of drug-likeness (QED) is 0.295. The number of methoxy groups -OCH3 is 1. The molecule has 1 rings (SSSR count). The highest BCUT2D eigenvalue weighted by atomic mass is 16.5. The zero-order valence-corrected chi connectivity index (χ0v) is 21.8. The van der Waals surface area contributed by atoms with Gasteiger partial charge in [0.15, 0.2) is 5.78 Å². The van der Waals surface area contributed by atoms with E-state index in [0.29, 0.717) is 25.2 Å². The molecule has 1 aliphatic heterocycles. The van der Waals surface area contributed by atoms with E-state index in [-0.39, 0.29) is 17.3 Å². The van der Waals surface area contributed by atoms with E-state index in [0.717, 1.165) is 19.6 Å². The first-order chi connectivity index (χ1) is 14.7. The molecule has 6 heteroatoms. The molecule has 0 radical (unpaired) electrons. The van der Waals surface area contributed by atoms with Gasteiger partial charge in [-0.15, -0.1) is 0 Å². The van der Waals surface area contributed by atoms with Crippen LogP contribution in [-0.2, 0) is 23.8 Å². The molecular weight excluding hydrogens is 406 g/mol. The van der Waals surface area contributed by atoms with Gasteiger partial charge in [-0.05, 0) is 66.0 Å². The summed E-state index contributed by atoms with van der Waals surface area (Å²) in [7, 11) is 1.67. The van der Waals surface area contributed by atoms with Gasteiger partial charge in [-0.2, -0.15) is 0 Å².